The minimum Gasteiger partial charge on any atom is -0.467 e. The number of aliphatic hydroxyl groups is 1. The molecular formula is C32H37NO4S2. The van der Waals surface area contributed by atoms with E-state index in [1.807, 2.05) is 42.3 Å². The molecule has 3 aromatic rings. The third-order valence-electron chi connectivity index (χ3n) is 6.33. The van der Waals surface area contributed by atoms with Crippen LogP contribution < -0.4 is 5.32 Å². The number of ether oxygens (including phenoxy) is 1. The van der Waals surface area contributed by atoms with Gasteiger partial charge in [-0.15, -0.1) is 11.8 Å². The molecule has 0 saturated carbocycles. The third-order valence-corrected chi connectivity index (χ3v) is 8.55. The smallest absolute Gasteiger partial charge is 0.328 e. The standard InChI is InChI=1S/C32H37NO4S2/c1-37-31(36)29(21-23-38-2)33-30(35)24-28(34)20-12-13-22-39-32(25-14-6-3-7-15-25,26-16-8-4-9-17-26)27-18-10-5-11-19-27/h3-12,14-20,28-29,34H,13,21-24H2,1-2H3,(H,33,35)/b20-12+/t28?,29-/m1/s1. The molecule has 3 rings (SSSR count). The van der Waals surface area contributed by atoms with Crippen molar-refractivity contribution in [3.05, 3.63) is 120 Å². The maximum atomic E-state index is 12.4. The molecule has 0 spiro atoms. The van der Waals surface area contributed by atoms with Crippen molar-refractivity contribution < 1.29 is 19.4 Å². The van der Waals surface area contributed by atoms with E-state index in [0.717, 1.165) is 17.9 Å². The second kappa shape index (κ2) is 16.2. The van der Waals surface area contributed by atoms with E-state index >= 15 is 0 Å². The Balaban J connectivity index is 1.67. The van der Waals surface area contributed by atoms with Crippen molar-refractivity contribution in [1.29, 1.82) is 0 Å². The van der Waals surface area contributed by atoms with Crippen molar-refractivity contribution in [3.8, 4) is 0 Å². The Kier molecular flexibility index (Phi) is 12.7. The van der Waals surface area contributed by atoms with Gasteiger partial charge in [0, 0.05) is 0 Å². The summed E-state index contributed by atoms with van der Waals surface area (Å²) in [5.74, 6) is 0.663. The highest BCUT2D eigenvalue weighted by Gasteiger charge is 2.36. The van der Waals surface area contributed by atoms with Crippen molar-refractivity contribution >= 4 is 35.4 Å². The molecule has 0 aliphatic carbocycles. The largest absolute Gasteiger partial charge is 0.467 e. The summed E-state index contributed by atoms with van der Waals surface area (Å²) in [6.07, 6.45) is 5.67. The van der Waals surface area contributed by atoms with Crippen molar-refractivity contribution in [2.45, 2.75) is 36.2 Å². The molecule has 2 atom stereocenters. The highest BCUT2D eigenvalue weighted by atomic mass is 32.2. The first-order valence-corrected chi connectivity index (χ1v) is 15.4. The fourth-order valence-electron chi connectivity index (χ4n) is 4.44. The highest BCUT2D eigenvalue weighted by Crippen LogP contribution is 2.48. The van der Waals surface area contributed by atoms with E-state index in [1.54, 1.807) is 17.8 Å². The molecule has 0 bridgehead atoms. The Bertz CT molecular complexity index is 1080. The number of allylic oxidation sites excluding steroid dienone is 1. The molecular weight excluding hydrogens is 526 g/mol. The maximum Gasteiger partial charge on any atom is 0.328 e. The van der Waals surface area contributed by atoms with Crippen LogP contribution >= 0.6 is 23.5 Å². The van der Waals surface area contributed by atoms with E-state index in [1.165, 1.54) is 23.8 Å². The zero-order valence-electron chi connectivity index (χ0n) is 22.5. The summed E-state index contributed by atoms with van der Waals surface area (Å²) in [6.45, 7) is 0. The van der Waals surface area contributed by atoms with Crippen molar-refractivity contribution in [3.63, 3.8) is 0 Å². The lowest BCUT2D eigenvalue weighted by atomic mass is 9.84. The normalized spacial score (nSPS) is 13.1. The van der Waals surface area contributed by atoms with Crippen molar-refractivity contribution in [1.82, 2.24) is 5.32 Å². The molecule has 0 aliphatic rings. The number of carbonyl (C=O) groups is 2. The van der Waals surface area contributed by atoms with Gasteiger partial charge in [-0.2, -0.15) is 11.8 Å². The lowest BCUT2D eigenvalue weighted by Gasteiger charge is -2.35. The van der Waals surface area contributed by atoms with Gasteiger partial charge in [0.15, 0.2) is 0 Å². The quantitative estimate of drug-likeness (QED) is 0.105. The summed E-state index contributed by atoms with van der Waals surface area (Å²) in [5, 5.41) is 13.1. The fraction of sp³-hybridized carbons (Fsp3) is 0.312. The van der Waals surface area contributed by atoms with E-state index in [2.05, 4.69) is 78.1 Å². The summed E-state index contributed by atoms with van der Waals surface area (Å²) in [4.78, 5) is 24.4. The lowest BCUT2D eigenvalue weighted by molar-refractivity contribution is -0.145. The summed E-state index contributed by atoms with van der Waals surface area (Å²) < 4.78 is 4.40. The van der Waals surface area contributed by atoms with E-state index in [0.29, 0.717) is 6.42 Å². The molecule has 0 aliphatic heterocycles. The van der Waals surface area contributed by atoms with Gasteiger partial charge in [0.1, 0.15) is 6.04 Å². The third kappa shape index (κ3) is 8.75. The number of carbonyl (C=O) groups excluding carboxylic acids is 2. The van der Waals surface area contributed by atoms with Gasteiger partial charge in [-0.25, -0.2) is 4.79 Å². The number of thioether (sulfide) groups is 2. The molecule has 0 aromatic heterocycles. The Labute approximate surface area is 240 Å². The summed E-state index contributed by atoms with van der Waals surface area (Å²) in [6, 6.07) is 30.9. The Morgan fingerprint density at radius 2 is 1.41 bits per heavy atom. The molecule has 2 N–H and O–H groups in total. The van der Waals surface area contributed by atoms with E-state index in [9.17, 15) is 14.7 Å². The summed E-state index contributed by atoms with van der Waals surface area (Å²) in [7, 11) is 1.30. The molecule has 3 aromatic carbocycles. The Morgan fingerprint density at radius 1 is 0.897 bits per heavy atom. The lowest BCUT2D eigenvalue weighted by Crippen LogP contribution is -2.42. The average Bonchev–Trinajstić information content (AvgIpc) is 2.98. The molecule has 0 radical (unpaired) electrons. The monoisotopic (exact) mass is 563 g/mol. The number of rotatable bonds is 15. The van der Waals surface area contributed by atoms with Gasteiger partial charge in [0.2, 0.25) is 5.91 Å². The van der Waals surface area contributed by atoms with Gasteiger partial charge in [-0.1, -0.05) is 103 Å². The van der Waals surface area contributed by atoms with Crippen LogP contribution in [0.2, 0.25) is 0 Å². The van der Waals surface area contributed by atoms with Crippen LogP contribution in [0.5, 0.6) is 0 Å². The van der Waals surface area contributed by atoms with Crippen LogP contribution in [0.4, 0.5) is 0 Å². The molecule has 0 heterocycles. The predicted molar refractivity (Wildman–Crippen MR) is 163 cm³/mol. The number of aliphatic hydroxyl groups excluding tert-OH is 1. The van der Waals surface area contributed by atoms with Gasteiger partial charge >= 0.3 is 5.97 Å². The van der Waals surface area contributed by atoms with Gasteiger partial charge < -0.3 is 15.2 Å². The van der Waals surface area contributed by atoms with Crippen molar-refractivity contribution in [2.24, 2.45) is 0 Å². The number of hydrogen-bond donors (Lipinski definition) is 2. The second-order valence-corrected chi connectivity index (χ2v) is 11.3. The molecule has 0 fully saturated rings. The molecule has 5 nitrogen and oxygen atoms in total. The van der Waals surface area contributed by atoms with E-state index in [-0.39, 0.29) is 12.3 Å². The van der Waals surface area contributed by atoms with Gasteiger partial charge in [0.25, 0.3) is 0 Å². The SMILES string of the molecule is COC(=O)[C@@H](CCSC)NC(=O)CC(O)/C=C/CCSC(c1ccccc1)(c1ccccc1)c1ccccc1. The summed E-state index contributed by atoms with van der Waals surface area (Å²) >= 11 is 3.44. The molecule has 1 unspecified atom stereocenters. The number of methoxy groups -OCH3 is 1. The Hall–Kier alpha value is -3.00. The van der Waals surface area contributed by atoms with E-state index in [4.69, 9.17) is 4.74 Å². The van der Waals surface area contributed by atoms with Gasteiger partial charge in [-0.05, 0) is 47.3 Å². The first-order valence-electron chi connectivity index (χ1n) is 13.0. The first-order chi connectivity index (χ1) is 19.0. The highest BCUT2D eigenvalue weighted by molar-refractivity contribution is 8.00. The first kappa shape index (κ1) is 30.5. The van der Waals surface area contributed by atoms with Crippen LogP contribution in [-0.2, 0) is 19.1 Å². The Morgan fingerprint density at radius 3 is 1.87 bits per heavy atom. The summed E-state index contributed by atoms with van der Waals surface area (Å²) in [5.41, 5.74) is 3.61. The topological polar surface area (TPSA) is 75.6 Å². The van der Waals surface area contributed by atoms with Crippen LogP contribution in [0.1, 0.15) is 36.0 Å². The molecule has 39 heavy (non-hydrogen) atoms. The number of hydrogen-bond acceptors (Lipinski definition) is 6. The molecule has 7 heteroatoms. The zero-order valence-corrected chi connectivity index (χ0v) is 24.1. The zero-order chi connectivity index (χ0) is 27.9. The minimum absolute atomic E-state index is 0.113. The van der Waals surface area contributed by atoms with Crippen LogP contribution in [0.25, 0.3) is 0 Å². The second-order valence-electron chi connectivity index (χ2n) is 9.04. The maximum absolute atomic E-state index is 12.4. The minimum atomic E-state index is -0.934. The molecule has 1 amide bonds. The van der Waals surface area contributed by atoms with Gasteiger partial charge in [0.05, 0.1) is 24.4 Å². The average molecular weight is 564 g/mol. The van der Waals surface area contributed by atoms with Gasteiger partial charge in [-0.3, -0.25) is 4.79 Å². The van der Waals surface area contributed by atoms with Crippen molar-refractivity contribution in [2.75, 3.05) is 24.9 Å². The molecule has 0 saturated heterocycles. The predicted octanol–water partition coefficient (Wildman–Crippen LogP) is 5.82. The number of nitrogens with one attached hydrogen (secondary N) is 1. The fourth-order valence-corrected chi connectivity index (χ4v) is 6.38. The van der Waals surface area contributed by atoms with Crippen LogP contribution in [0, 0.1) is 0 Å². The number of esters is 1. The molecule has 206 valence electrons. The van der Waals surface area contributed by atoms with Crippen LogP contribution in [0.3, 0.4) is 0 Å². The van der Waals surface area contributed by atoms with E-state index < -0.39 is 22.9 Å². The van der Waals surface area contributed by atoms with Crippen LogP contribution in [-0.4, -0.2) is 54.0 Å². The number of benzene rings is 3. The number of amides is 1. The van der Waals surface area contributed by atoms with Crippen LogP contribution in [0.15, 0.2) is 103 Å².